The summed E-state index contributed by atoms with van der Waals surface area (Å²) in [5, 5.41) is 11.1. The minimum absolute atomic E-state index is 0.121. The molecule has 0 spiro atoms. The summed E-state index contributed by atoms with van der Waals surface area (Å²) in [4.78, 5) is 55.1. The molecule has 0 bridgehead atoms. The lowest BCUT2D eigenvalue weighted by molar-refractivity contribution is -0.384. The van der Waals surface area contributed by atoms with Crippen LogP contribution in [0.15, 0.2) is 85.1 Å². The van der Waals surface area contributed by atoms with Gasteiger partial charge in [0.25, 0.3) is 5.69 Å². The molecule has 0 aliphatic carbocycles. The molecule has 0 saturated carbocycles. The van der Waals surface area contributed by atoms with Gasteiger partial charge < -0.3 is 4.90 Å². The number of hydrogen-bond donors (Lipinski definition) is 0. The first kappa shape index (κ1) is 22.8. The molecule has 4 unspecified atom stereocenters. The Kier molecular flexibility index (Phi) is 5.44. The molecule has 3 aromatic carbocycles. The lowest BCUT2D eigenvalue weighted by Gasteiger charge is -2.35. The predicted molar refractivity (Wildman–Crippen MR) is 135 cm³/mol. The summed E-state index contributed by atoms with van der Waals surface area (Å²) >= 11 is 0. The molecule has 0 aromatic heterocycles. The summed E-state index contributed by atoms with van der Waals surface area (Å²) in [5.74, 6) is -2.47. The zero-order valence-corrected chi connectivity index (χ0v) is 19.8. The van der Waals surface area contributed by atoms with E-state index in [1.54, 1.807) is 6.20 Å². The van der Waals surface area contributed by atoms with E-state index in [4.69, 9.17) is 0 Å². The number of likely N-dealkylation sites (tertiary alicyclic amines) is 1. The SMILES string of the molecule is O=C(c1ccc([N+](=O)[O-])cc1)C1C2C(=O)N(CCc3ccccc3)C(=O)C2C2c3ccccc3C=CN12. The van der Waals surface area contributed by atoms with Crippen LogP contribution >= 0.6 is 0 Å². The van der Waals surface area contributed by atoms with E-state index in [9.17, 15) is 24.5 Å². The van der Waals surface area contributed by atoms with E-state index in [0.29, 0.717) is 6.42 Å². The van der Waals surface area contributed by atoms with E-state index in [1.165, 1.54) is 29.2 Å². The number of hydrogen-bond acceptors (Lipinski definition) is 6. The number of nitro benzene ring substituents is 1. The Labute approximate surface area is 213 Å². The molecule has 8 heteroatoms. The molecule has 3 aliphatic heterocycles. The molecule has 2 fully saturated rings. The quantitative estimate of drug-likeness (QED) is 0.222. The molecule has 8 nitrogen and oxygen atoms in total. The average Bonchev–Trinajstić information content (AvgIpc) is 3.40. The van der Waals surface area contributed by atoms with E-state index in [-0.39, 0.29) is 35.4 Å². The third kappa shape index (κ3) is 3.64. The Balaban J connectivity index is 1.38. The van der Waals surface area contributed by atoms with Crippen molar-refractivity contribution in [1.29, 1.82) is 0 Å². The van der Waals surface area contributed by atoms with E-state index < -0.39 is 28.8 Å². The number of carbonyl (C=O) groups excluding carboxylic acids is 3. The van der Waals surface area contributed by atoms with Crippen molar-refractivity contribution in [2.45, 2.75) is 18.5 Å². The number of amides is 2. The van der Waals surface area contributed by atoms with Crippen LogP contribution in [-0.2, 0) is 16.0 Å². The monoisotopic (exact) mass is 493 g/mol. The molecule has 2 saturated heterocycles. The lowest BCUT2D eigenvalue weighted by atomic mass is 9.83. The van der Waals surface area contributed by atoms with Crippen LogP contribution in [0.25, 0.3) is 6.08 Å². The van der Waals surface area contributed by atoms with Gasteiger partial charge >= 0.3 is 0 Å². The molecular formula is C29H23N3O5. The summed E-state index contributed by atoms with van der Waals surface area (Å²) < 4.78 is 0. The standard InChI is InChI=1S/C29H23N3O5/c33-27(20-10-12-21(13-11-20)32(36)37)26-24-23(25-22-9-5-4-8-19(22)15-17-30(25)26)28(34)31(29(24)35)16-14-18-6-2-1-3-7-18/h1-13,15,17,23-26H,14,16H2. The van der Waals surface area contributed by atoms with Gasteiger partial charge in [-0.2, -0.15) is 0 Å². The second-order valence-corrected chi connectivity index (χ2v) is 9.57. The Morgan fingerprint density at radius 3 is 2.27 bits per heavy atom. The van der Waals surface area contributed by atoms with Gasteiger partial charge in [-0.1, -0.05) is 54.6 Å². The fraction of sp³-hybridized carbons (Fsp3) is 0.207. The Morgan fingerprint density at radius 1 is 0.865 bits per heavy atom. The van der Waals surface area contributed by atoms with Gasteiger partial charge in [0, 0.05) is 30.4 Å². The molecule has 0 N–H and O–H groups in total. The molecule has 0 radical (unpaired) electrons. The highest BCUT2D eigenvalue weighted by molar-refractivity contribution is 6.12. The Morgan fingerprint density at radius 2 is 1.54 bits per heavy atom. The number of nitrogens with zero attached hydrogens (tertiary/aromatic N) is 3. The van der Waals surface area contributed by atoms with Crippen molar-refractivity contribution in [3.63, 3.8) is 0 Å². The molecule has 184 valence electrons. The van der Waals surface area contributed by atoms with Crippen molar-refractivity contribution in [3.05, 3.63) is 117 Å². The van der Waals surface area contributed by atoms with Crippen molar-refractivity contribution in [2.75, 3.05) is 6.54 Å². The highest BCUT2D eigenvalue weighted by Gasteiger charge is 2.64. The van der Waals surface area contributed by atoms with Gasteiger partial charge in [0.1, 0.15) is 6.04 Å². The molecule has 37 heavy (non-hydrogen) atoms. The predicted octanol–water partition coefficient (Wildman–Crippen LogP) is 4.03. The third-order valence-electron chi connectivity index (χ3n) is 7.65. The molecule has 3 heterocycles. The minimum Gasteiger partial charge on any atom is -0.358 e. The smallest absolute Gasteiger partial charge is 0.269 e. The lowest BCUT2D eigenvalue weighted by Crippen LogP contribution is -2.44. The number of carbonyl (C=O) groups is 3. The topological polar surface area (TPSA) is 101 Å². The average molecular weight is 494 g/mol. The van der Waals surface area contributed by atoms with Crippen LogP contribution < -0.4 is 0 Å². The third-order valence-corrected chi connectivity index (χ3v) is 7.65. The highest BCUT2D eigenvalue weighted by atomic mass is 16.6. The largest absolute Gasteiger partial charge is 0.358 e. The van der Waals surface area contributed by atoms with Crippen LogP contribution in [0.5, 0.6) is 0 Å². The van der Waals surface area contributed by atoms with Crippen LogP contribution in [0, 0.1) is 22.0 Å². The normalized spacial score (nSPS) is 23.6. The van der Waals surface area contributed by atoms with E-state index in [2.05, 4.69) is 0 Å². The van der Waals surface area contributed by atoms with E-state index >= 15 is 0 Å². The first-order valence-corrected chi connectivity index (χ1v) is 12.2. The summed E-state index contributed by atoms with van der Waals surface area (Å²) in [5.41, 5.74) is 3.03. The van der Waals surface area contributed by atoms with Crippen LogP contribution in [0.2, 0.25) is 0 Å². The Bertz CT molecular complexity index is 1450. The van der Waals surface area contributed by atoms with Crippen molar-refractivity contribution < 1.29 is 19.3 Å². The number of ketones is 1. The molecule has 2 amide bonds. The maximum absolute atomic E-state index is 13.8. The number of nitro groups is 1. The number of benzene rings is 3. The first-order chi connectivity index (χ1) is 18.0. The fourth-order valence-corrected chi connectivity index (χ4v) is 5.94. The zero-order valence-electron chi connectivity index (χ0n) is 19.8. The minimum atomic E-state index is -0.890. The molecular weight excluding hydrogens is 470 g/mol. The van der Waals surface area contributed by atoms with Crippen LogP contribution in [0.1, 0.15) is 33.1 Å². The van der Waals surface area contributed by atoms with Gasteiger partial charge in [-0.3, -0.25) is 29.4 Å². The number of fused-ring (bicyclic) bond motifs is 5. The summed E-state index contributed by atoms with van der Waals surface area (Å²) in [6, 6.07) is 21.4. The van der Waals surface area contributed by atoms with Gasteiger partial charge in [0.2, 0.25) is 11.8 Å². The van der Waals surface area contributed by atoms with Crippen molar-refractivity contribution in [3.8, 4) is 0 Å². The van der Waals surface area contributed by atoms with Crippen molar-refractivity contribution in [2.24, 2.45) is 11.8 Å². The highest BCUT2D eigenvalue weighted by Crippen LogP contribution is 2.53. The molecule has 3 aromatic rings. The molecule has 3 aliphatic rings. The zero-order chi connectivity index (χ0) is 25.7. The summed E-state index contributed by atoms with van der Waals surface area (Å²) in [6.07, 6.45) is 4.23. The number of rotatable bonds is 6. The van der Waals surface area contributed by atoms with Gasteiger partial charge in [-0.15, -0.1) is 0 Å². The molecule has 6 rings (SSSR count). The maximum Gasteiger partial charge on any atom is 0.269 e. The van der Waals surface area contributed by atoms with E-state index in [1.807, 2.05) is 65.6 Å². The van der Waals surface area contributed by atoms with Gasteiger partial charge in [0.05, 0.1) is 22.8 Å². The van der Waals surface area contributed by atoms with E-state index in [0.717, 1.165) is 16.7 Å². The number of non-ortho nitro benzene ring substituents is 1. The van der Waals surface area contributed by atoms with Gasteiger partial charge in [-0.05, 0) is 41.3 Å². The van der Waals surface area contributed by atoms with Crippen LogP contribution in [0.4, 0.5) is 5.69 Å². The summed E-state index contributed by atoms with van der Waals surface area (Å²) in [6.45, 7) is 0.247. The fourth-order valence-electron chi connectivity index (χ4n) is 5.94. The van der Waals surface area contributed by atoms with Gasteiger partial charge in [-0.25, -0.2) is 0 Å². The second kappa shape index (κ2) is 8.81. The van der Waals surface area contributed by atoms with Crippen molar-refractivity contribution in [1.82, 2.24) is 9.80 Å². The van der Waals surface area contributed by atoms with Crippen LogP contribution in [0.3, 0.4) is 0 Å². The van der Waals surface area contributed by atoms with Crippen molar-refractivity contribution >= 4 is 29.4 Å². The number of Topliss-reactive ketones (excluding diaryl/α,β-unsaturated/α-hetero) is 1. The van der Waals surface area contributed by atoms with Gasteiger partial charge in [0.15, 0.2) is 5.78 Å². The van der Waals surface area contributed by atoms with Crippen LogP contribution in [-0.4, -0.2) is 44.9 Å². The maximum atomic E-state index is 13.8. The molecule has 4 atom stereocenters. The second-order valence-electron chi connectivity index (χ2n) is 9.57. The summed E-state index contributed by atoms with van der Waals surface area (Å²) in [7, 11) is 0. The number of imide groups is 1. The first-order valence-electron chi connectivity index (χ1n) is 12.2. The Hall–Kier alpha value is -4.59.